The van der Waals surface area contributed by atoms with Gasteiger partial charge in [0.25, 0.3) is 0 Å². The zero-order chi connectivity index (χ0) is 18.4. The molecule has 8 heteroatoms. The first-order valence-electron chi connectivity index (χ1n) is 8.56. The van der Waals surface area contributed by atoms with Crippen LogP contribution in [0, 0.1) is 0 Å². The first kappa shape index (κ1) is 19.5. The zero-order valence-corrected chi connectivity index (χ0v) is 16.0. The Balaban J connectivity index is 2.18. The summed E-state index contributed by atoms with van der Waals surface area (Å²) in [6, 6.07) is 6.89. The molecule has 0 saturated carbocycles. The Morgan fingerprint density at radius 1 is 1.16 bits per heavy atom. The molecule has 1 fully saturated rings. The van der Waals surface area contributed by atoms with Crippen molar-refractivity contribution in [2.24, 2.45) is 0 Å². The van der Waals surface area contributed by atoms with Gasteiger partial charge in [-0.25, -0.2) is 8.42 Å². The second-order valence-electron chi connectivity index (χ2n) is 5.99. The number of amides is 1. The number of hydrogen-bond acceptors (Lipinski definition) is 5. The van der Waals surface area contributed by atoms with Gasteiger partial charge in [-0.2, -0.15) is 0 Å². The number of carbonyl (C=O) groups is 1. The van der Waals surface area contributed by atoms with E-state index < -0.39 is 10.0 Å². The molecule has 1 aromatic rings. The number of hydrogen-bond donors (Lipinski definition) is 0. The number of nitrogens with zero attached hydrogens (tertiary/aromatic N) is 3. The summed E-state index contributed by atoms with van der Waals surface area (Å²) in [7, 11) is -3.61. The second kappa shape index (κ2) is 8.53. The third-order valence-corrected chi connectivity index (χ3v) is 5.41. The largest absolute Gasteiger partial charge is 0.492 e. The molecule has 0 atom stereocenters. The predicted molar refractivity (Wildman–Crippen MR) is 98.5 cm³/mol. The summed E-state index contributed by atoms with van der Waals surface area (Å²) in [4.78, 5) is 16.6. The Labute approximate surface area is 150 Å². The van der Waals surface area contributed by atoms with E-state index in [1.165, 1.54) is 0 Å². The van der Waals surface area contributed by atoms with Crippen LogP contribution in [0.15, 0.2) is 24.3 Å². The maximum atomic E-state index is 12.7. The summed E-state index contributed by atoms with van der Waals surface area (Å²) in [6.45, 7) is 7.96. The van der Waals surface area contributed by atoms with Crippen LogP contribution in [0.2, 0.25) is 0 Å². The number of rotatable bonds is 7. The minimum Gasteiger partial charge on any atom is -0.492 e. The van der Waals surface area contributed by atoms with Gasteiger partial charge in [-0.1, -0.05) is 19.1 Å². The van der Waals surface area contributed by atoms with Crippen LogP contribution in [0.1, 0.15) is 13.8 Å². The number of sulfonamides is 1. The number of piperazine rings is 1. The fourth-order valence-corrected chi connectivity index (χ4v) is 3.71. The summed E-state index contributed by atoms with van der Waals surface area (Å²) >= 11 is 0. The Morgan fingerprint density at radius 2 is 1.80 bits per heavy atom. The molecule has 1 heterocycles. The van der Waals surface area contributed by atoms with E-state index in [1.54, 1.807) is 29.2 Å². The highest BCUT2D eigenvalue weighted by Crippen LogP contribution is 2.29. The Bertz CT molecular complexity index is 685. The van der Waals surface area contributed by atoms with Gasteiger partial charge in [0.1, 0.15) is 12.3 Å². The molecular weight excluding hydrogens is 342 g/mol. The quantitative estimate of drug-likeness (QED) is 0.718. The maximum absolute atomic E-state index is 12.7. The van der Waals surface area contributed by atoms with Gasteiger partial charge >= 0.3 is 0 Å². The molecule has 0 N–H and O–H groups in total. The van der Waals surface area contributed by atoms with E-state index in [9.17, 15) is 13.2 Å². The van der Waals surface area contributed by atoms with E-state index in [1.807, 2.05) is 6.92 Å². The lowest BCUT2D eigenvalue weighted by atomic mass is 10.2. The van der Waals surface area contributed by atoms with Crippen molar-refractivity contribution in [1.82, 2.24) is 9.80 Å². The van der Waals surface area contributed by atoms with Gasteiger partial charge in [-0.3, -0.25) is 9.10 Å². The Kier molecular flexibility index (Phi) is 6.66. The fourth-order valence-electron chi connectivity index (χ4n) is 2.86. The van der Waals surface area contributed by atoms with Gasteiger partial charge in [0, 0.05) is 26.2 Å². The molecule has 0 unspecified atom stereocenters. The molecule has 2 rings (SSSR count). The van der Waals surface area contributed by atoms with Crippen LogP contribution >= 0.6 is 0 Å². The van der Waals surface area contributed by atoms with Crippen molar-refractivity contribution in [3.63, 3.8) is 0 Å². The van der Waals surface area contributed by atoms with Gasteiger partial charge < -0.3 is 14.5 Å². The standard InChI is InChI=1S/C17H27N3O4S/c1-4-18-10-12-19(13-11-18)17(21)14-20(25(3,22)23)15-8-6-7-9-16(15)24-5-2/h6-9H,4-5,10-14H2,1-3H3. The first-order valence-corrected chi connectivity index (χ1v) is 10.4. The number of benzene rings is 1. The van der Waals surface area contributed by atoms with Crippen molar-refractivity contribution in [3.05, 3.63) is 24.3 Å². The van der Waals surface area contributed by atoms with Crippen molar-refractivity contribution in [3.8, 4) is 5.75 Å². The lowest BCUT2D eigenvalue weighted by Crippen LogP contribution is -2.51. The van der Waals surface area contributed by atoms with Gasteiger partial charge in [0.2, 0.25) is 15.9 Å². The van der Waals surface area contributed by atoms with Crippen LogP contribution < -0.4 is 9.04 Å². The van der Waals surface area contributed by atoms with Gasteiger partial charge in [-0.05, 0) is 25.6 Å². The SMILES string of the molecule is CCOc1ccccc1N(CC(=O)N1CCN(CC)CC1)S(C)(=O)=O. The monoisotopic (exact) mass is 369 g/mol. The third-order valence-electron chi connectivity index (χ3n) is 4.29. The van der Waals surface area contributed by atoms with Crippen LogP contribution in [0.5, 0.6) is 5.75 Å². The van der Waals surface area contributed by atoms with Crippen LogP contribution in [0.4, 0.5) is 5.69 Å². The van der Waals surface area contributed by atoms with Gasteiger partial charge in [0.15, 0.2) is 0 Å². The maximum Gasteiger partial charge on any atom is 0.243 e. The van der Waals surface area contributed by atoms with Crippen molar-refractivity contribution in [2.75, 3.05) is 56.4 Å². The Hall–Kier alpha value is -1.80. The van der Waals surface area contributed by atoms with E-state index in [0.717, 1.165) is 30.2 Å². The van der Waals surface area contributed by atoms with E-state index >= 15 is 0 Å². The molecule has 0 bridgehead atoms. The lowest BCUT2D eigenvalue weighted by Gasteiger charge is -2.35. The predicted octanol–water partition coefficient (Wildman–Crippen LogP) is 1.02. The molecule has 25 heavy (non-hydrogen) atoms. The van der Waals surface area contributed by atoms with E-state index in [-0.39, 0.29) is 12.5 Å². The number of anilines is 1. The summed E-state index contributed by atoms with van der Waals surface area (Å²) in [5, 5.41) is 0. The Morgan fingerprint density at radius 3 is 2.36 bits per heavy atom. The first-order chi connectivity index (χ1) is 11.9. The van der Waals surface area contributed by atoms with E-state index in [0.29, 0.717) is 31.1 Å². The van der Waals surface area contributed by atoms with E-state index in [2.05, 4.69) is 11.8 Å². The topological polar surface area (TPSA) is 70.2 Å². The molecule has 1 amide bonds. The van der Waals surface area contributed by atoms with Crippen LogP contribution in [-0.2, 0) is 14.8 Å². The fraction of sp³-hybridized carbons (Fsp3) is 0.588. The highest BCUT2D eigenvalue weighted by atomic mass is 32.2. The summed E-state index contributed by atoms with van der Waals surface area (Å²) < 4.78 is 31.3. The smallest absolute Gasteiger partial charge is 0.243 e. The molecule has 0 spiro atoms. The van der Waals surface area contributed by atoms with E-state index in [4.69, 9.17) is 4.74 Å². The van der Waals surface area contributed by atoms with Gasteiger partial charge in [0.05, 0.1) is 18.6 Å². The van der Waals surface area contributed by atoms with Crippen molar-refractivity contribution < 1.29 is 17.9 Å². The van der Waals surface area contributed by atoms with Crippen LogP contribution in [0.25, 0.3) is 0 Å². The summed E-state index contributed by atoms with van der Waals surface area (Å²) in [5.41, 5.74) is 0.396. The average Bonchev–Trinajstić information content (AvgIpc) is 2.59. The highest BCUT2D eigenvalue weighted by Gasteiger charge is 2.27. The molecule has 1 aliphatic rings. The average molecular weight is 369 g/mol. The lowest BCUT2D eigenvalue weighted by molar-refractivity contribution is -0.131. The molecule has 140 valence electrons. The molecule has 0 aliphatic carbocycles. The summed E-state index contributed by atoms with van der Waals surface area (Å²) in [5.74, 6) is 0.270. The molecule has 0 aromatic heterocycles. The normalized spacial score (nSPS) is 15.9. The molecule has 1 aromatic carbocycles. The minimum absolute atomic E-state index is 0.188. The van der Waals surface area contributed by atoms with Crippen molar-refractivity contribution >= 4 is 21.6 Å². The minimum atomic E-state index is -3.61. The molecule has 0 radical (unpaired) electrons. The van der Waals surface area contributed by atoms with Crippen molar-refractivity contribution in [2.45, 2.75) is 13.8 Å². The zero-order valence-electron chi connectivity index (χ0n) is 15.1. The molecular formula is C17H27N3O4S. The number of likely N-dealkylation sites (N-methyl/N-ethyl adjacent to an activating group) is 1. The van der Waals surface area contributed by atoms with Gasteiger partial charge in [-0.15, -0.1) is 0 Å². The van der Waals surface area contributed by atoms with Crippen LogP contribution in [0.3, 0.4) is 0 Å². The highest BCUT2D eigenvalue weighted by molar-refractivity contribution is 7.92. The number of ether oxygens (including phenoxy) is 1. The second-order valence-corrected chi connectivity index (χ2v) is 7.89. The molecule has 1 saturated heterocycles. The third kappa shape index (κ3) is 5.09. The number of carbonyl (C=O) groups excluding carboxylic acids is 1. The summed E-state index contributed by atoms with van der Waals surface area (Å²) in [6.07, 6.45) is 1.11. The molecule has 7 nitrogen and oxygen atoms in total. The van der Waals surface area contributed by atoms with Crippen LogP contribution in [-0.4, -0.2) is 76.3 Å². The molecule has 1 aliphatic heterocycles. The number of para-hydroxylation sites is 2. The van der Waals surface area contributed by atoms with Crippen molar-refractivity contribution in [1.29, 1.82) is 0 Å².